The highest BCUT2D eigenvalue weighted by Gasteiger charge is 2.11. The molecule has 0 spiro atoms. The molecule has 0 aliphatic heterocycles. The molecule has 0 saturated heterocycles. The van der Waals surface area contributed by atoms with E-state index in [1.165, 1.54) is 17.7 Å². The fraction of sp³-hybridized carbons (Fsp3) is 0.250. The smallest absolute Gasteiger partial charge is 0.150 e. The Kier molecular flexibility index (Phi) is 4.43. The van der Waals surface area contributed by atoms with Gasteiger partial charge in [0, 0.05) is 11.0 Å². The Morgan fingerprint density at radius 1 is 0.950 bits per heavy atom. The minimum atomic E-state index is -0.598. The zero-order chi connectivity index (χ0) is 14.9. The van der Waals surface area contributed by atoms with Gasteiger partial charge in [0.15, 0.2) is 0 Å². The van der Waals surface area contributed by atoms with Gasteiger partial charge in [0.05, 0.1) is 0 Å². The largest absolute Gasteiger partial charge is 0.376 e. The highest BCUT2D eigenvalue weighted by Crippen LogP contribution is 2.25. The Balaban J connectivity index is 2.26. The van der Waals surface area contributed by atoms with Crippen molar-refractivity contribution in [1.29, 1.82) is 0 Å². The molecule has 106 valence electrons. The van der Waals surface area contributed by atoms with Crippen LogP contribution in [0.15, 0.2) is 28.7 Å². The zero-order valence-electron chi connectivity index (χ0n) is 11.7. The second kappa shape index (κ2) is 5.92. The van der Waals surface area contributed by atoms with Crippen molar-refractivity contribution < 1.29 is 8.78 Å². The lowest BCUT2D eigenvalue weighted by Crippen LogP contribution is -2.07. The maximum atomic E-state index is 13.7. The molecular weight excluding hydrogens is 324 g/mol. The van der Waals surface area contributed by atoms with Gasteiger partial charge in [-0.2, -0.15) is 0 Å². The highest BCUT2D eigenvalue weighted by molar-refractivity contribution is 9.10. The van der Waals surface area contributed by atoms with Gasteiger partial charge in [-0.3, -0.25) is 0 Å². The summed E-state index contributed by atoms with van der Waals surface area (Å²) in [5.74, 6) is -1.20. The Morgan fingerprint density at radius 2 is 1.45 bits per heavy atom. The van der Waals surface area contributed by atoms with Crippen molar-refractivity contribution in [2.24, 2.45) is 0 Å². The van der Waals surface area contributed by atoms with Crippen molar-refractivity contribution in [3.05, 3.63) is 62.6 Å². The van der Waals surface area contributed by atoms with Gasteiger partial charge in [-0.05, 0) is 49.6 Å². The van der Waals surface area contributed by atoms with Gasteiger partial charge < -0.3 is 5.32 Å². The number of halogens is 3. The van der Waals surface area contributed by atoms with Crippen LogP contribution in [0.3, 0.4) is 0 Å². The first-order valence-electron chi connectivity index (χ1n) is 6.33. The first-order chi connectivity index (χ1) is 9.38. The van der Waals surface area contributed by atoms with E-state index >= 15 is 0 Å². The van der Waals surface area contributed by atoms with E-state index in [4.69, 9.17) is 0 Å². The lowest BCUT2D eigenvalue weighted by molar-refractivity contribution is 0.586. The van der Waals surface area contributed by atoms with Gasteiger partial charge in [0.2, 0.25) is 0 Å². The number of hydrogen-bond acceptors (Lipinski definition) is 1. The van der Waals surface area contributed by atoms with E-state index in [0.717, 1.165) is 16.7 Å². The molecule has 2 aromatic rings. The summed E-state index contributed by atoms with van der Waals surface area (Å²) >= 11 is 3.07. The minimum absolute atomic E-state index is 0.0902. The van der Waals surface area contributed by atoms with Gasteiger partial charge in [0.25, 0.3) is 0 Å². The van der Waals surface area contributed by atoms with Crippen LogP contribution in [0, 0.1) is 32.4 Å². The predicted octanol–water partition coefficient (Wildman–Crippen LogP) is 5.26. The summed E-state index contributed by atoms with van der Waals surface area (Å²) in [7, 11) is 0. The second-order valence-electron chi connectivity index (χ2n) is 4.98. The van der Waals surface area contributed by atoms with Crippen LogP contribution in [-0.4, -0.2) is 0 Å². The van der Waals surface area contributed by atoms with Crippen molar-refractivity contribution in [1.82, 2.24) is 0 Å². The first kappa shape index (κ1) is 15.0. The van der Waals surface area contributed by atoms with E-state index in [2.05, 4.69) is 33.4 Å². The molecule has 0 unspecified atom stereocenters. The fourth-order valence-corrected chi connectivity index (χ4v) is 2.78. The summed E-state index contributed by atoms with van der Waals surface area (Å²) in [6.07, 6.45) is 0. The Hall–Kier alpha value is -1.42. The van der Waals surface area contributed by atoms with Crippen molar-refractivity contribution in [3.63, 3.8) is 0 Å². The van der Waals surface area contributed by atoms with Crippen LogP contribution >= 0.6 is 15.9 Å². The van der Waals surface area contributed by atoms with Gasteiger partial charge in [-0.25, -0.2) is 8.78 Å². The lowest BCUT2D eigenvalue weighted by atomic mass is 10.00. The minimum Gasteiger partial charge on any atom is -0.376 e. The van der Waals surface area contributed by atoms with E-state index in [9.17, 15) is 8.78 Å². The summed E-state index contributed by atoms with van der Waals surface area (Å²) in [4.78, 5) is 0. The third kappa shape index (κ3) is 3.18. The maximum Gasteiger partial charge on any atom is 0.150 e. The molecule has 2 rings (SSSR count). The van der Waals surface area contributed by atoms with Crippen LogP contribution in [0.1, 0.15) is 22.3 Å². The summed E-state index contributed by atoms with van der Waals surface area (Å²) in [5, 5.41) is 2.86. The maximum absolute atomic E-state index is 13.7. The van der Waals surface area contributed by atoms with E-state index in [1.54, 1.807) is 0 Å². The molecule has 20 heavy (non-hydrogen) atoms. The molecule has 0 fully saturated rings. The van der Waals surface area contributed by atoms with Crippen LogP contribution in [0.2, 0.25) is 0 Å². The van der Waals surface area contributed by atoms with Crippen molar-refractivity contribution in [2.45, 2.75) is 27.3 Å². The molecule has 0 heterocycles. The SMILES string of the molecule is Cc1cc(C)c(CNc2c(F)cc(Br)cc2F)c(C)c1. The Bertz CT molecular complexity index is 549. The number of nitrogens with one attached hydrogen (secondary N) is 1. The molecule has 0 aliphatic carbocycles. The second-order valence-corrected chi connectivity index (χ2v) is 5.89. The molecule has 0 aromatic heterocycles. The van der Waals surface area contributed by atoms with Gasteiger partial charge in [-0.15, -0.1) is 0 Å². The number of benzene rings is 2. The number of hydrogen-bond donors (Lipinski definition) is 1. The number of anilines is 1. The lowest BCUT2D eigenvalue weighted by Gasteiger charge is -2.14. The first-order valence-corrected chi connectivity index (χ1v) is 7.13. The molecule has 0 saturated carbocycles. The summed E-state index contributed by atoms with van der Waals surface area (Å²) in [6.45, 7) is 6.44. The molecule has 2 aromatic carbocycles. The molecule has 0 atom stereocenters. The van der Waals surface area contributed by atoms with Crippen molar-refractivity contribution in [3.8, 4) is 0 Å². The van der Waals surface area contributed by atoms with Crippen molar-refractivity contribution in [2.75, 3.05) is 5.32 Å². The normalized spacial score (nSPS) is 10.7. The van der Waals surface area contributed by atoms with Gasteiger partial charge in [0.1, 0.15) is 17.3 Å². The van der Waals surface area contributed by atoms with Crippen LogP contribution in [0.4, 0.5) is 14.5 Å². The standard InChI is InChI=1S/C16H16BrF2N/c1-9-4-10(2)13(11(3)5-9)8-20-16-14(18)6-12(17)7-15(16)19/h4-7,20H,8H2,1-3H3. The van der Waals surface area contributed by atoms with E-state index in [-0.39, 0.29) is 5.69 Å². The molecule has 1 N–H and O–H groups in total. The molecule has 4 heteroatoms. The molecule has 0 amide bonds. The summed E-state index contributed by atoms with van der Waals surface area (Å²) in [5.41, 5.74) is 4.40. The van der Waals surface area contributed by atoms with E-state index in [1.807, 2.05) is 20.8 Å². The van der Waals surface area contributed by atoms with Crippen LogP contribution in [0.5, 0.6) is 0 Å². The van der Waals surface area contributed by atoms with Crippen LogP contribution < -0.4 is 5.32 Å². The van der Waals surface area contributed by atoms with Crippen LogP contribution in [-0.2, 0) is 6.54 Å². The molecule has 0 aliphatic rings. The zero-order valence-corrected chi connectivity index (χ0v) is 13.2. The molecule has 0 radical (unpaired) electrons. The Labute approximate surface area is 126 Å². The topological polar surface area (TPSA) is 12.0 Å². The Morgan fingerprint density at radius 3 is 1.95 bits per heavy atom. The predicted molar refractivity (Wildman–Crippen MR) is 82.0 cm³/mol. The van der Waals surface area contributed by atoms with E-state index < -0.39 is 11.6 Å². The third-order valence-corrected chi connectivity index (χ3v) is 3.75. The summed E-state index contributed by atoms with van der Waals surface area (Å²) in [6, 6.07) is 6.64. The van der Waals surface area contributed by atoms with Gasteiger partial charge >= 0.3 is 0 Å². The van der Waals surface area contributed by atoms with Crippen molar-refractivity contribution >= 4 is 21.6 Å². The number of aryl methyl sites for hydroxylation is 3. The quantitative estimate of drug-likeness (QED) is 0.803. The highest BCUT2D eigenvalue weighted by atomic mass is 79.9. The average Bonchev–Trinajstić information content (AvgIpc) is 2.30. The monoisotopic (exact) mass is 339 g/mol. The average molecular weight is 340 g/mol. The molecular formula is C16H16BrF2N. The summed E-state index contributed by atoms with van der Waals surface area (Å²) < 4.78 is 27.9. The molecule has 0 bridgehead atoms. The van der Waals surface area contributed by atoms with Gasteiger partial charge in [-0.1, -0.05) is 33.6 Å². The molecule has 1 nitrogen and oxygen atoms in total. The fourth-order valence-electron chi connectivity index (χ4n) is 2.38. The van der Waals surface area contributed by atoms with E-state index in [0.29, 0.717) is 11.0 Å². The third-order valence-electron chi connectivity index (χ3n) is 3.29. The number of rotatable bonds is 3. The van der Waals surface area contributed by atoms with Crippen LogP contribution in [0.25, 0.3) is 0 Å².